The highest BCUT2D eigenvalue weighted by Crippen LogP contribution is 2.13. The van der Waals surface area contributed by atoms with Gasteiger partial charge < -0.3 is 4.12 Å². The molecule has 0 aromatic rings. The first kappa shape index (κ1) is 12.1. The summed E-state index contributed by atoms with van der Waals surface area (Å²) in [6, 6.07) is 0. The van der Waals surface area contributed by atoms with E-state index in [9.17, 15) is 0 Å². The second-order valence-electron chi connectivity index (χ2n) is 3.49. The molecule has 0 aliphatic rings. The van der Waals surface area contributed by atoms with Crippen molar-refractivity contribution in [2.75, 3.05) is 0 Å². The van der Waals surface area contributed by atoms with Crippen LogP contribution in [-0.4, -0.2) is 20.2 Å². The van der Waals surface area contributed by atoms with Gasteiger partial charge in [0.25, 0.3) is 0 Å². The zero-order valence-electron chi connectivity index (χ0n) is 8.51. The topological polar surface area (TPSA) is 9.23 Å². The molecule has 0 aromatic carbocycles. The van der Waals surface area contributed by atoms with Gasteiger partial charge in [-0.25, -0.2) is 0 Å². The highest BCUT2D eigenvalue weighted by Gasteiger charge is 2.00. The van der Waals surface area contributed by atoms with E-state index in [-0.39, 0.29) is 9.76 Å². The van der Waals surface area contributed by atoms with Crippen LogP contribution in [0.25, 0.3) is 0 Å². The Bertz CT molecular complexity index is 107. The van der Waals surface area contributed by atoms with E-state index in [1.54, 1.807) is 0 Å². The second-order valence-corrected chi connectivity index (χ2v) is 7.52. The van der Waals surface area contributed by atoms with Crippen LogP contribution in [0.1, 0.15) is 39.0 Å². The zero-order valence-corrected chi connectivity index (χ0v) is 11.9. The smallest absolute Gasteiger partial charge is 0.148 e. The lowest BCUT2D eigenvalue weighted by Crippen LogP contribution is -2.02. The van der Waals surface area contributed by atoms with Crippen LogP contribution in [0.4, 0.5) is 0 Å². The lowest BCUT2D eigenvalue weighted by molar-refractivity contribution is 0.587. The molecule has 0 fully saturated rings. The first-order chi connectivity index (χ1) is 5.81. The molecule has 0 saturated heterocycles. The van der Waals surface area contributed by atoms with E-state index in [0.717, 1.165) is 16.0 Å². The fourth-order valence-electron chi connectivity index (χ4n) is 1.33. The minimum atomic E-state index is -0.152. The van der Waals surface area contributed by atoms with E-state index in [1.165, 1.54) is 32.1 Å². The molecule has 0 aliphatic carbocycles. The molecule has 72 valence electrons. The second kappa shape index (κ2) is 9.22. The van der Waals surface area contributed by atoms with Crippen LogP contribution in [-0.2, 0) is 4.12 Å². The highest BCUT2D eigenvalue weighted by molar-refractivity contribution is 6.35. The molecule has 0 aromatic heterocycles. The lowest BCUT2D eigenvalue weighted by Gasteiger charge is -2.08. The van der Waals surface area contributed by atoms with Gasteiger partial charge in [-0.2, -0.15) is 0 Å². The maximum absolute atomic E-state index is 5.34. The Hall–Kier alpha value is 0.134. The van der Waals surface area contributed by atoms with Gasteiger partial charge in [0, 0.05) is 0 Å². The largest absolute Gasteiger partial charge is 0.468 e. The third kappa shape index (κ3) is 8.23. The number of allylic oxidation sites excluding steroid dienone is 1. The van der Waals surface area contributed by atoms with Crippen molar-refractivity contribution in [2.45, 2.75) is 44.6 Å². The van der Waals surface area contributed by atoms with E-state index in [1.807, 2.05) is 6.08 Å². The predicted octanol–water partition coefficient (Wildman–Crippen LogP) is 1.31. The van der Waals surface area contributed by atoms with Gasteiger partial charge >= 0.3 is 0 Å². The summed E-state index contributed by atoms with van der Waals surface area (Å²) in [4.78, 5) is 0. The Labute approximate surface area is 82.1 Å². The molecule has 1 unspecified atom stereocenters. The Morgan fingerprint density at radius 1 is 1.50 bits per heavy atom. The third-order valence-corrected chi connectivity index (χ3v) is 4.37. The van der Waals surface area contributed by atoms with Gasteiger partial charge in [-0.1, -0.05) is 32.3 Å². The Kier molecular flexibility index (Phi) is 9.33. The monoisotopic (exact) mass is 202 g/mol. The Morgan fingerprint density at radius 3 is 2.83 bits per heavy atom. The molecule has 12 heavy (non-hydrogen) atoms. The van der Waals surface area contributed by atoms with Gasteiger partial charge in [0.05, 0.1) is 0 Å². The predicted molar refractivity (Wildman–Crippen MR) is 62.3 cm³/mol. The van der Waals surface area contributed by atoms with Gasteiger partial charge in [0.15, 0.2) is 0 Å². The molecule has 0 rings (SSSR count). The van der Waals surface area contributed by atoms with Crippen molar-refractivity contribution in [3.63, 3.8) is 0 Å². The first-order valence-electron chi connectivity index (χ1n) is 4.91. The van der Waals surface area contributed by atoms with E-state index < -0.39 is 0 Å². The highest BCUT2D eigenvalue weighted by atomic mass is 28.3. The molecule has 0 spiro atoms. The van der Waals surface area contributed by atoms with E-state index >= 15 is 0 Å². The fourth-order valence-corrected chi connectivity index (χ4v) is 4.06. The lowest BCUT2D eigenvalue weighted by atomic mass is 10.1. The van der Waals surface area contributed by atoms with E-state index in [2.05, 4.69) is 13.5 Å². The van der Waals surface area contributed by atoms with Crippen molar-refractivity contribution in [1.29, 1.82) is 0 Å². The van der Waals surface area contributed by atoms with Crippen LogP contribution in [0.2, 0.25) is 5.54 Å². The van der Waals surface area contributed by atoms with Crippen LogP contribution in [0.3, 0.4) is 0 Å². The molecule has 0 aliphatic heterocycles. The van der Waals surface area contributed by atoms with Crippen molar-refractivity contribution in [1.82, 2.24) is 0 Å². The summed E-state index contributed by atoms with van der Waals surface area (Å²) in [6.07, 6.45) is 8.64. The van der Waals surface area contributed by atoms with E-state index in [4.69, 9.17) is 4.12 Å². The van der Waals surface area contributed by atoms with Gasteiger partial charge in [-0.15, -0.1) is 6.58 Å². The van der Waals surface area contributed by atoms with Crippen molar-refractivity contribution in [3.05, 3.63) is 12.7 Å². The fraction of sp³-hybridized carbons (Fsp3) is 0.778. The van der Waals surface area contributed by atoms with Gasteiger partial charge in [-0.05, 0) is 18.4 Å². The Morgan fingerprint density at radius 2 is 2.25 bits per heavy atom. The minimum absolute atomic E-state index is 0.152. The summed E-state index contributed by atoms with van der Waals surface area (Å²) in [5.41, 5.74) is 0.895. The molecule has 0 amide bonds. The van der Waals surface area contributed by atoms with Crippen LogP contribution < -0.4 is 0 Å². The number of hydrogen-bond donors (Lipinski definition) is 0. The molecule has 1 nitrogen and oxygen atoms in total. The quantitative estimate of drug-likeness (QED) is 0.328. The minimum Gasteiger partial charge on any atom is -0.468 e. The van der Waals surface area contributed by atoms with Gasteiger partial charge in [0.2, 0.25) is 0 Å². The first-order valence-corrected chi connectivity index (χ1v) is 7.12. The summed E-state index contributed by atoms with van der Waals surface area (Å²) in [5, 5.41) is 0. The molecule has 1 atom stereocenters. The molecular formula is C9H22OSi2. The van der Waals surface area contributed by atoms with Crippen LogP contribution in [0, 0.1) is 0 Å². The number of unbranched alkanes of at least 4 members (excludes halogenated alkanes) is 3. The van der Waals surface area contributed by atoms with Crippen LogP contribution in [0.5, 0.6) is 0 Å². The summed E-state index contributed by atoms with van der Waals surface area (Å²) in [6.45, 7) is 6.05. The molecule has 0 saturated carbocycles. The SMILES string of the molecule is C=CCCCCCC(C)[SiH2]O[SiH3]. The van der Waals surface area contributed by atoms with Crippen molar-refractivity contribution in [2.24, 2.45) is 0 Å². The molecule has 3 heteroatoms. The molecule has 0 N–H and O–H groups in total. The summed E-state index contributed by atoms with van der Waals surface area (Å²) >= 11 is 0. The Balaban J connectivity index is 3.02. The van der Waals surface area contributed by atoms with Gasteiger partial charge in [0.1, 0.15) is 20.2 Å². The maximum atomic E-state index is 5.34. The van der Waals surface area contributed by atoms with Crippen LogP contribution >= 0.6 is 0 Å². The molecular weight excluding hydrogens is 180 g/mol. The summed E-state index contributed by atoms with van der Waals surface area (Å²) in [5.74, 6) is 0. The van der Waals surface area contributed by atoms with Crippen molar-refractivity contribution >= 4 is 20.2 Å². The van der Waals surface area contributed by atoms with Crippen molar-refractivity contribution < 1.29 is 4.12 Å². The standard InChI is InChI=1S/C9H22OSi2/c1-3-4-5-6-7-8-9(2)12-10-11/h3,9H,1,4-8,12H2,2,11H3. The van der Waals surface area contributed by atoms with Gasteiger partial charge in [-0.3, -0.25) is 0 Å². The number of rotatable bonds is 8. The average molecular weight is 202 g/mol. The zero-order chi connectivity index (χ0) is 9.23. The third-order valence-electron chi connectivity index (χ3n) is 2.06. The average Bonchev–Trinajstić information content (AvgIpc) is 2.05. The molecule has 0 bridgehead atoms. The maximum Gasteiger partial charge on any atom is 0.148 e. The number of hydrogen-bond acceptors (Lipinski definition) is 1. The van der Waals surface area contributed by atoms with Crippen molar-refractivity contribution in [3.8, 4) is 0 Å². The molecule has 0 radical (unpaired) electrons. The van der Waals surface area contributed by atoms with E-state index in [0.29, 0.717) is 0 Å². The summed E-state index contributed by atoms with van der Waals surface area (Å²) < 4.78 is 5.34. The summed E-state index contributed by atoms with van der Waals surface area (Å²) in [7, 11) is 0.794. The normalized spacial score (nSPS) is 14.1. The molecule has 0 heterocycles. The van der Waals surface area contributed by atoms with Crippen LogP contribution in [0.15, 0.2) is 12.7 Å².